The smallest absolute Gasteiger partial charge is 0.256 e. The van der Waals surface area contributed by atoms with Crippen LogP contribution in [0.1, 0.15) is 51.6 Å². The number of benzene rings is 2. The van der Waals surface area contributed by atoms with E-state index in [1.165, 1.54) is 7.11 Å². The Balaban J connectivity index is 1.65. The SMILES string of the molecule is COc1ccc(C(=O)Nc2ccc(C(C)(C)CNC(=O)c3c(C)noc3C)cc2)cc1OC. The van der Waals surface area contributed by atoms with Crippen molar-refractivity contribution in [3.8, 4) is 11.5 Å². The zero-order valence-electron chi connectivity index (χ0n) is 19.7. The highest BCUT2D eigenvalue weighted by atomic mass is 16.5. The van der Waals surface area contributed by atoms with E-state index in [1.54, 1.807) is 39.2 Å². The number of hydrogen-bond acceptors (Lipinski definition) is 6. The van der Waals surface area contributed by atoms with Crippen molar-refractivity contribution in [2.75, 3.05) is 26.1 Å². The Hall–Kier alpha value is -3.81. The highest BCUT2D eigenvalue weighted by Gasteiger charge is 2.24. The molecule has 2 aromatic carbocycles. The lowest BCUT2D eigenvalue weighted by Gasteiger charge is -2.26. The molecule has 3 aromatic rings. The van der Waals surface area contributed by atoms with Gasteiger partial charge in [-0.1, -0.05) is 31.1 Å². The number of amides is 2. The number of methoxy groups -OCH3 is 2. The second-order valence-electron chi connectivity index (χ2n) is 8.37. The average molecular weight is 452 g/mol. The summed E-state index contributed by atoms with van der Waals surface area (Å²) in [7, 11) is 3.07. The lowest BCUT2D eigenvalue weighted by Crippen LogP contribution is -2.37. The minimum Gasteiger partial charge on any atom is -0.493 e. The van der Waals surface area contributed by atoms with Gasteiger partial charge in [-0.25, -0.2) is 0 Å². The molecule has 0 saturated carbocycles. The Labute approximate surface area is 193 Å². The molecule has 0 atom stereocenters. The van der Waals surface area contributed by atoms with Crippen LogP contribution in [0.3, 0.4) is 0 Å². The summed E-state index contributed by atoms with van der Waals surface area (Å²) in [5, 5.41) is 9.68. The van der Waals surface area contributed by atoms with E-state index in [1.807, 2.05) is 38.1 Å². The van der Waals surface area contributed by atoms with E-state index >= 15 is 0 Å². The van der Waals surface area contributed by atoms with Gasteiger partial charge in [0.25, 0.3) is 11.8 Å². The molecule has 2 N–H and O–H groups in total. The molecule has 0 aliphatic rings. The zero-order valence-corrected chi connectivity index (χ0v) is 19.7. The predicted molar refractivity (Wildman–Crippen MR) is 125 cm³/mol. The summed E-state index contributed by atoms with van der Waals surface area (Å²) in [4.78, 5) is 25.2. The molecule has 2 amide bonds. The van der Waals surface area contributed by atoms with E-state index in [9.17, 15) is 9.59 Å². The van der Waals surface area contributed by atoms with E-state index in [2.05, 4.69) is 15.8 Å². The third-order valence-electron chi connectivity index (χ3n) is 5.52. The van der Waals surface area contributed by atoms with Crippen LogP contribution < -0.4 is 20.1 Å². The van der Waals surface area contributed by atoms with Gasteiger partial charge >= 0.3 is 0 Å². The van der Waals surface area contributed by atoms with Gasteiger partial charge < -0.3 is 24.6 Å². The quantitative estimate of drug-likeness (QED) is 0.530. The average Bonchev–Trinajstić information content (AvgIpc) is 3.15. The number of rotatable bonds is 8. The van der Waals surface area contributed by atoms with Gasteiger partial charge in [0.1, 0.15) is 11.3 Å². The number of carbonyl (C=O) groups is 2. The van der Waals surface area contributed by atoms with Crippen LogP contribution in [0.15, 0.2) is 47.0 Å². The molecule has 174 valence electrons. The molecule has 8 nitrogen and oxygen atoms in total. The Morgan fingerprint density at radius 1 is 0.970 bits per heavy atom. The Kier molecular flexibility index (Phi) is 7.06. The summed E-state index contributed by atoms with van der Waals surface area (Å²) in [6.45, 7) is 7.96. The summed E-state index contributed by atoms with van der Waals surface area (Å²) in [6.07, 6.45) is 0. The van der Waals surface area contributed by atoms with Gasteiger partial charge in [0.2, 0.25) is 0 Å². The summed E-state index contributed by atoms with van der Waals surface area (Å²) in [5.41, 5.74) is 2.84. The summed E-state index contributed by atoms with van der Waals surface area (Å²) >= 11 is 0. The number of anilines is 1. The van der Waals surface area contributed by atoms with Crippen molar-refractivity contribution in [1.29, 1.82) is 0 Å². The number of ether oxygens (including phenoxy) is 2. The number of nitrogens with zero attached hydrogens (tertiary/aromatic N) is 1. The molecular formula is C25H29N3O5. The molecule has 8 heteroatoms. The molecular weight excluding hydrogens is 422 g/mol. The standard InChI is InChI=1S/C25H29N3O5/c1-15-22(16(2)33-28-15)24(30)26-14-25(3,4)18-8-10-19(11-9-18)27-23(29)17-7-12-20(31-5)21(13-17)32-6/h7-13H,14H2,1-6H3,(H,26,30)(H,27,29). The first-order valence-electron chi connectivity index (χ1n) is 10.5. The van der Waals surface area contributed by atoms with Gasteiger partial charge in [-0.2, -0.15) is 0 Å². The fourth-order valence-electron chi connectivity index (χ4n) is 3.48. The molecule has 3 rings (SSSR count). The third-order valence-corrected chi connectivity index (χ3v) is 5.52. The van der Waals surface area contributed by atoms with Crippen LogP contribution in [0.4, 0.5) is 5.69 Å². The van der Waals surface area contributed by atoms with Gasteiger partial charge in [0.15, 0.2) is 11.5 Å². The van der Waals surface area contributed by atoms with Crippen molar-refractivity contribution < 1.29 is 23.6 Å². The topological polar surface area (TPSA) is 103 Å². The van der Waals surface area contributed by atoms with E-state index in [0.717, 1.165) is 5.56 Å². The fourth-order valence-corrected chi connectivity index (χ4v) is 3.48. The molecule has 0 saturated heterocycles. The van der Waals surface area contributed by atoms with Crippen LogP contribution in [-0.4, -0.2) is 37.7 Å². The molecule has 0 aliphatic heterocycles. The largest absolute Gasteiger partial charge is 0.493 e. The van der Waals surface area contributed by atoms with Crippen molar-refractivity contribution >= 4 is 17.5 Å². The summed E-state index contributed by atoms with van der Waals surface area (Å²) in [6, 6.07) is 12.6. The first kappa shape index (κ1) is 23.8. The molecule has 0 radical (unpaired) electrons. The van der Waals surface area contributed by atoms with Gasteiger partial charge in [0, 0.05) is 23.2 Å². The lowest BCUT2D eigenvalue weighted by atomic mass is 9.84. The number of aryl methyl sites for hydroxylation is 2. The first-order chi connectivity index (χ1) is 15.7. The van der Waals surface area contributed by atoms with Crippen molar-refractivity contribution in [3.63, 3.8) is 0 Å². The third kappa shape index (κ3) is 5.34. The number of hydrogen-bond donors (Lipinski definition) is 2. The Bertz CT molecular complexity index is 1130. The first-order valence-corrected chi connectivity index (χ1v) is 10.5. The second-order valence-corrected chi connectivity index (χ2v) is 8.37. The van der Waals surface area contributed by atoms with Gasteiger partial charge in [-0.3, -0.25) is 9.59 Å². The Morgan fingerprint density at radius 2 is 1.64 bits per heavy atom. The van der Waals surface area contributed by atoms with Crippen LogP contribution >= 0.6 is 0 Å². The molecule has 0 spiro atoms. The maximum Gasteiger partial charge on any atom is 0.256 e. The molecule has 0 aliphatic carbocycles. The van der Waals surface area contributed by atoms with Gasteiger partial charge in [0.05, 0.1) is 19.9 Å². The second kappa shape index (κ2) is 9.77. The normalized spacial score (nSPS) is 11.1. The maximum atomic E-state index is 12.6. The minimum absolute atomic E-state index is 0.210. The summed E-state index contributed by atoms with van der Waals surface area (Å²) in [5.74, 6) is 1.08. The van der Waals surface area contributed by atoms with Gasteiger partial charge in [-0.15, -0.1) is 0 Å². The van der Waals surface area contributed by atoms with Crippen molar-refractivity contribution in [2.24, 2.45) is 0 Å². The molecule has 33 heavy (non-hydrogen) atoms. The molecule has 1 aromatic heterocycles. The van der Waals surface area contributed by atoms with E-state index in [-0.39, 0.29) is 17.2 Å². The van der Waals surface area contributed by atoms with Crippen LogP contribution in [0.25, 0.3) is 0 Å². The number of carbonyl (C=O) groups excluding carboxylic acids is 2. The highest BCUT2D eigenvalue weighted by Crippen LogP contribution is 2.28. The minimum atomic E-state index is -0.333. The molecule has 0 unspecified atom stereocenters. The maximum absolute atomic E-state index is 12.6. The lowest BCUT2D eigenvalue weighted by molar-refractivity contribution is 0.0942. The highest BCUT2D eigenvalue weighted by molar-refractivity contribution is 6.04. The van der Waals surface area contributed by atoms with Crippen molar-refractivity contribution in [2.45, 2.75) is 33.1 Å². The fraction of sp³-hybridized carbons (Fsp3) is 0.320. The van der Waals surface area contributed by atoms with Gasteiger partial charge in [-0.05, 0) is 49.7 Å². The van der Waals surface area contributed by atoms with Crippen LogP contribution in [0.5, 0.6) is 11.5 Å². The predicted octanol–water partition coefficient (Wildman–Crippen LogP) is 4.27. The zero-order chi connectivity index (χ0) is 24.2. The van der Waals surface area contributed by atoms with E-state index in [0.29, 0.717) is 46.3 Å². The molecule has 0 fully saturated rings. The van der Waals surface area contributed by atoms with E-state index < -0.39 is 0 Å². The Morgan fingerprint density at radius 3 is 2.21 bits per heavy atom. The number of nitrogens with one attached hydrogen (secondary N) is 2. The van der Waals surface area contributed by atoms with Crippen molar-refractivity contribution in [1.82, 2.24) is 10.5 Å². The molecule has 1 heterocycles. The summed E-state index contributed by atoms with van der Waals surface area (Å²) < 4.78 is 15.5. The van der Waals surface area contributed by atoms with Crippen molar-refractivity contribution in [3.05, 3.63) is 70.6 Å². The monoisotopic (exact) mass is 451 g/mol. The van der Waals surface area contributed by atoms with Crippen LogP contribution in [-0.2, 0) is 5.41 Å². The van der Waals surface area contributed by atoms with Crippen LogP contribution in [0.2, 0.25) is 0 Å². The number of aromatic nitrogens is 1. The van der Waals surface area contributed by atoms with E-state index in [4.69, 9.17) is 14.0 Å². The molecule has 0 bridgehead atoms. The van der Waals surface area contributed by atoms with Crippen LogP contribution in [0, 0.1) is 13.8 Å².